The molecule has 2 aromatic heterocycles. The van der Waals surface area contributed by atoms with Crippen molar-refractivity contribution in [3.63, 3.8) is 0 Å². The standard InChI is InChI=1S/C25H33Cl2N7O2S/c1-16-24-25(34(31-16)17(2)21-7-6-20(26)11-22(21)27)30-23(12-28-24)33-14-19(15-33)18-5-4-9-32(13-18)10-8-29-37(3,35)36/h6-7,11-12,17-19,29H,4-5,8-10,13-15H2,1-3H3. The van der Waals surface area contributed by atoms with E-state index in [1.807, 2.05) is 29.9 Å². The van der Waals surface area contributed by atoms with Crippen LogP contribution in [0.3, 0.4) is 0 Å². The van der Waals surface area contributed by atoms with Crippen LogP contribution in [0.25, 0.3) is 11.2 Å². The minimum atomic E-state index is -3.14. The predicted octanol–water partition coefficient (Wildman–Crippen LogP) is 3.75. The largest absolute Gasteiger partial charge is 0.355 e. The Bertz CT molecular complexity index is 1390. The molecule has 2 atom stereocenters. The highest BCUT2D eigenvalue weighted by Gasteiger charge is 2.36. The Kier molecular flexibility index (Phi) is 7.66. The highest BCUT2D eigenvalue weighted by Crippen LogP contribution is 2.35. The van der Waals surface area contributed by atoms with Crippen LogP contribution >= 0.6 is 23.2 Å². The molecule has 4 heterocycles. The lowest BCUT2D eigenvalue weighted by Crippen LogP contribution is -2.54. The summed E-state index contributed by atoms with van der Waals surface area (Å²) in [5.41, 5.74) is 3.31. The van der Waals surface area contributed by atoms with Crippen molar-refractivity contribution >= 4 is 50.2 Å². The molecule has 200 valence electrons. The molecule has 0 aliphatic carbocycles. The number of nitrogens with zero attached hydrogens (tertiary/aromatic N) is 6. The molecule has 9 nitrogen and oxygen atoms in total. The number of hydrogen-bond donors (Lipinski definition) is 1. The topological polar surface area (TPSA) is 96.3 Å². The fraction of sp³-hybridized carbons (Fsp3) is 0.560. The van der Waals surface area contributed by atoms with Gasteiger partial charge in [0, 0.05) is 42.8 Å². The lowest BCUT2D eigenvalue weighted by Gasteiger charge is -2.47. The molecule has 12 heteroatoms. The van der Waals surface area contributed by atoms with Gasteiger partial charge in [0.1, 0.15) is 11.3 Å². The SMILES string of the molecule is Cc1nn(C(C)c2ccc(Cl)cc2Cl)c2nc(N3CC(C4CCCN(CCNS(C)(=O)=O)C4)C3)cnc12. The van der Waals surface area contributed by atoms with E-state index in [0.29, 0.717) is 28.4 Å². The Morgan fingerprint density at radius 1 is 1.19 bits per heavy atom. The number of piperidine rings is 1. The van der Waals surface area contributed by atoms with Crippen LogP contribution in [0, 0.1) is 18.8 Å². The molecule has 0 saturated carbocycles. The van der Waals surface area contributed by atoms with Crippen molar-refractivity contribution in [1.29, 1.82) is 0 Å². The van der Waals surface area contributed by atoms with Gasteiger partial charge in [-0.05, 0) is 62.8 Å². The third-order valence-corrected chi connectivity index (χ3v) is 8.86. The number of nitrogens with one attached hydrogen (secondary N) is 1. The molecule has 3 aromatic rings. The molecule has 37 heavy (non-hydrogen) atoms. The van der Waals surface area contributed by atoms with E-state index in [4.69, 9.17) is 38.3 Å². The van der Waals surface area contributed by atoms with Gasteiger partial charge in [0.2, 0.25) is 10.0 Å². The monoisotopic (exact) mass is 565 g/mol. The molecule has 0 spiro atoms. The molecule has 2 aliphatic rings. The Morgan fingerprint density at radius 2 is 1.97 bits per heavy atom. The number of likely N-dealkylation sites (tertiary alicyclic amines) is 1. The van der Waals surface area contributed by atoms with Crippen molar-refractivity contribution in [1.82, 2.24) is 29.4 Å². The third kappa shape index (κ3) is 5.88. The van der Waals surface area contributed by atoms with Crippen LogP contribution in [0.1, 0.15) is 37.1 Å². The van der Waals surface area contributed by atoms with E-state index in [2.05, 4.69) is 21.4 Å². The normalized spacial score (nSPS) is 20.4. The molecule has 2 unspecified atom stereocenters. The summed E-state index contributed by atoms with van der Waals surface area (Å²) < 4.78 is 27.2. The van der Waals surface area contributed by atoms with Gasteiger partial charge in [-0.15, -0.1) is 0 Å². The fourth-order valence-electron chi connectivity index (χ4n) is 5.50. The Hall–Kier alpha value is -1.98. The van der Waals surface area contributed by atoms with Crippen LogP contribution in [-0.4, -0.2) is 78.6 Å². The number of sulfonamides is 1. The zero-order valence-electron chi connectivity index (χ0n) is 21.4. The van der Waals surface area contributed by atoms with Gasteiger partial charge in [-0.2, -0.15) is 5.10 Å². The van der Waals surface area contributed by atoms with E-state index < -0.39 is 10.0 Å². The lowest BCUT2D eigenvalue weighted by atomic mass is 9.80. The third-order valence-electron chi connectivity index (χ3n) is 7.57. The number of fused-ring (bicyclic) bond motifs is 1. The second-order valence-corrected chi connectivity index (χ2v) is 13.0. The van der Waals surface area contributed by atoms with E-state index in [-0.39, 0.29) is 6.04 Å². The minimum absolute atomic E-state index is 0.125. The van der Waals surface area contributed by atoms with Crippen molar-refractivity contribution in [2.45, 2.75) is 32.7 Å². The van der Waals surface area contributed by atoms with Gasteiger partial charge in [-0.1, -0.05) is 29.3 Å². The average Bonchev–Trinajstić information content (AvgIpc) is 3.13. The molecule has 2 saturated heterocycles. The van der Waals surface area contributed by atoms with Crippen LogP contribution in [0.5, 0.6) is 0 Å². The first-order valence-electron chi connectivity index (χ1n) is 12.7. The summed E-state index contributed by atoms with van der Waals surface area (Å²) in [5.74, 6) is 2.07. The number of rotatable bonds is 8. The van der Waals surface area contributed by atoms with Gasteiger partial charge in [0.15, 0.2) is 5.65 Å². The van der Waals surface area contributed by atoms with Crippen LogP contribution in [0.4, 0.5) is 5.82 Å². The van der Waals surface area contributed by atoms with Crippen molar-refractivity contribution in [3.8, 4) is 0 Å². The summed E-state index contributed by atoms with van der Waals surface area (Å²) in [6.07, 6.45) is 5.42. The van der Waals surface area contributed by atoms with E-state index in [1.54, 1.807) is 6.07 Å². The second-order valence-electron chi connectivity index (χ2n) is 10.3. The average molecular weight is 567 g/mol. The van der Waals surface area contributed by atoms with Crippen LogP contribution in [-0.2, 0) is 10.0 Å². The first-order chi connectivity index (χ1) is 17.6. The van der Waals surface area contributed by atoms with Gasteiger partial charge in [0.05, 0.1) is 24.2 Å². The Balaban J connectivity index is 1.26. The number of benzene rings is 1. The van der Waals surface area contributed by atoms with Crippen molar-refractivity contribution < 1.29 is 8.42 Å². The van der Waals surface area contributed by atoms with Gasteiger partial charge < -0.3 is 9.80 Å². The maximum absolute atomic E-state index is 11.4. The van der Waals surface area contributed by atoms with Crippen molar-refractivity contribution in [3.05, 3.63) is 45.7 Å². The summed E-state index contributed by atoms with van der Waals surface area (Å²) in [5, 5.41) is 5.95. The highest BCUT2D eigenvalue weighted by atomic mass is 35.5. The molecule has 0 bridgehead atoms. The van der Waals surface area contributed by atoms with E-state index in [1.165, 1.54) is 12.7 Å². The summed E-state index contributed by atoms with van der Waals surface area (Å²) in [7, 11) is -3.14. The molecule has 5 rings (SSSR count). The molecular weight excluding hydrogens is 533 g/mol. The fourth-order valence-corrected chi connectivity index (χ4v) is 6.53. The van der Waals surface area contributed by atoms with Crippen LogP contribution < -0.4 is 9.62 Å². The smallest absolute Gasteiger partial charge is 0.208 e. The molecular formula is C25H33Cl2N7O2S. The first-order valence-corrected chi connectivity index (χ1v) is 15.3. The van der Waals surface area contributed by atoms with E-state index in [9.17, 15) is 8.42 Å². The van der Waals surface area contributed by atoms with Crippen molar-refractivity contribution in [2.75, 3.05) is 50.4 Å². The van der Waals surface area contributed by atoms with E-state index >= 15 is 0 Å². The van der Waals surface area contributed by atoms with E-state index in [0.717, 1.165) is 67.4 Å². The number of aromatic nitrogens is 4. The van der Waals surface area contributed by atoms with Gasteiger partial charge in [-0.25, -0.2) is 27.8 Å². The number of aryl methyl sites for hydroxylation is 1. The minimum Gasteiger partial charge on any atom is -0.355 e. The van der Waals surface area contributed by atoms with Gasteiger partial charge in [0.25, 0.3) is 0 Å². The van der Waals surface area contributed by atoms with Gasteiger partial charge in [-0.3, -0.25) is 0 Å². The molecule has 2 fully saturated rings. The lowest BCUT2D eigenvalue weighted by molar-refractivity contribution is 0.121. The van der Waals surface area contributed by atoms with Gasteiger partial charge >= 0.3 is 0 Å². The highest BCUT2D eigenvalue weighted by molar-refractivity contribution is 7.88. The second kappa shape index (κ2) is 10.6. The summed E-state index contributed by atoms with van der Waals surface area (Å²) in [4.78, 5) is 14.4. The first kappa shape index (κ1) is 26.6. The maximum Gasteiger partial charge on any atom is 0.208 e. The Labute approximate surface area is 228 Å². The quantitative estimate of drug-likeness (QED) is 0.444. The summed E-state index contributed by atoms with van der Waals surface area (Å²) in [6, 6.07) is 5.39. The number of hydrogen-bond acceptors (Lipinski definition) is 7. The molecule has 1 aromatic carbocycles. The molecule has 1 N–H and O–H groups in total. The van der Waals surface area contributed by atoms with Crippen molar-refractivity contribution in [2.24, 2.45) is 11.8 Å². The molecule has 0 radical (unpaired) electrons. The van der Waals surface area contributed by atoms with Crippen LogP contribution in [0.15, 0.2) is 24.4 Å². The number of halogens is 2. The Morgan fingerprint density at radius 3 is 2.70 bits per heavy atom. The zero-order valence-corrected chi connectivity index (χ0v) is 23.7. The molecule has 2 aliphatic heterocycles. The summed E-state index contributed by atoms with van der Waals surface area (Å²) >= 11 is 12.6. The summed E-state index contributed by atoms with van der Waals surface area (Å²) in [6.45, 7) is 9.15. The molecule has 0 amide bonds. The van der Waals surface area contributed by atoms with Crippen LogP contribution in [0.2, 0.25) is 10.0 Å². The maximum atomic E-state index is 11.4. The number of anilines is 1. The predicted molar refractivity (Wildman–Crippen MR) is 148 cm³/mol. The zero-order chi connectivity index (χ0) is 26.3.